The maximum absolute atomic E-state index is 13.0. The molecule has 1 N–H and O–H groups in total. The standard InChI is InChI=1S/C18H26N4O3S.ClH/c1-13-7-8-15(18-20-17(21-25-18)11-14(2)19-3)12-16(13)26(23,24)22-9-5-4-6-10-22;/h7-8,12,14,19H,4-6,9-11H2,1-3H3;1H. The van der Waals surface area contributed by atoms with Gasteiger partial charge in [-0.15, -0.1) is 12.4 Å². The van der Waals surface area contributed by atoms with E-state index >= 15 is 0 Å². The SMILES string of the molecule is CNC(C)Cc1noc(-c2ccc(C)c(S(=O)(=O)N3CCCCC3)c2)n1.Cl. The predicted molar refractivity (Wildman–Crippen MR) is 107 cm³/mol. The third-order valence-electron chi connectivity index (χ3n) is 4.82. The molecule has 0 radical (unpaired) electrons. The van der Waals surface area contributed by atoms with Crippen LogP contribution in [0.3, 0.4) is 0 Å². The van der Waals surface area contributed by atoms with Gasteiger partial charge in [0.1, 0.15) is 0 Å². The predicted octanol–water partition coefficient (Wildman–Crippen LogP) is 2.79. The summed E-state index contributed by atoms with van der Waals surface area (Å²) in [6, 6.07) is 5.50. The number of sulfonamides is 1. The van der Waals surface area contributed by atoms with Gasteiger partial charge >= 0.3 is 0 Å². The molecule has 1 fully saturated rings. The Morgan fingerprint density at radius 3 is 2.63 bits per heavy atom. The van der Waals surface area contributed by atoms with Crippen LogP contribution in [0.5, 0.6) is 0 Å². The molecule has 0 spiro atoms. The highest BCUT2D eigenvalue weighted by Gasteiger charge is 2.28. The van der Waals surface area contributed by atoms with Crippen molar-refractivity contribution in [3.05, 3.63) is 29.6 Å². The molecule has 1 saturated heterocycles. The average molecular weight is 415 g/mol. The lowest BCUT2D eigenvalue weighted by atomic mass is 10.1. The lowest BCUT2D eigenvalue weighted by Gasteiger charge is -2.26. The second kappa shape index (κ2) is 9.14. The number of hydrogen-bond donors (Lipinski definition) is 1. The maximum atomic E-state index is 13.0. The molecule has 3 rings (SSSR count). The Balaban J connectivity index is 0.00000261. The third kappa shape index (κ3) is 4.87. The summed E-state index contributed by atoms with van der Waals surface area (Å²) in [6.45, 7) is 5.01. The smallest absolute Gasteiger partial charge is 0.257 e. The van der Waals surface area contributed by atoms with Gasteiger partial charge in [-0.2, -0.15) is 9.29 Å². The van der Waals surface area contributed by atoms with Crippen LogP contribution in [0.4, 0.5) is 0 Å². The van der Waals surface area contributed by atoms with Gasteiger partial charge in [0.05, 0.1) is 4.90 Å². The summed E-state index contributed by atoms with van der Waals surface area (Å²) < 4.78 is 33.0. The van der Waals surface area contributed by atoms with E-state index in [4.69, 9.17) is 4.52 Å². The summed E-state index contributed by atoms with van der Waals surface area (Å²) in [5, 5.41) is 7.13. The highest BCUT2D eigenvalue weighted by atomic mass is 35.5. The number of halogens is 1. The molecule has 2 aromatic rings. The lowest BCUT2D eigenvalue weighted by molar-refractivity contribution is 0.346. The molecular weight excluding hydrogens is 388 g/mol. The maximum Gasteiger partial charge on any atom is 0.257 e. The summed E-state index contributed by atoms with van der Waals surface area (Å²) in [6.07, 6.45) is 3.55. The second-order valence-corrected chi connectivity index (χ2v) is 8.76. The van der Waals surface area contributed by atoms with Crippen LogP contribution in [-0.2, 0) is 16.4 Å². The first-order valence-electron chi connectivity index (χ1n) is 9.03. The van der Waals surface area contributed by atoms with Crippen LogP contribution < -0.4 is 5.32 Å². The fourth-order valence-electron chi connectivity index (χ4n) is 3.09. The summed E-state index contributed by atoms with van der Waals surface area (Å²) in [7, 11) is -1.63. The van der Waals surface area contributed by atoms with Crippen molar-refractivity contribution < 1.29 is 12.9 Å². The summed E-state index contributed by atoms with van der Waals surface area (Å²) in [4.78, 5) is 4.73. The van der Waals surface area contributed by atoms with E-state index in [1.54, 1.807) is 16.4 Å². The fraction of sp³-hybridized carbons (Fsp3) is 0.556. The number of hydrogen-bond acceptors (Lipinski definition) is 6. The number of aryl methyl sites for hydroxylation is 1. The van der Waals surface area contributed by atoms with E-state index in [1.807, 2.05) is 27.0 Å². The topological polar surface area (TPSA) is 88.3 Å². The molecule has 0 amide bonds. The number of aromatic nitrogens is 2. The number of nitrogens with one attached hydrogen (secondary N) is 1. The molecule has 1 aromatic heterocycles. The molecule has 1 unspecified atom stereocenters. The molecule has 1 aromatic carbocycles. The van der Waals surface area contributed by atoms with E-state index in [1.165, 1.54) is 0 Å². The van der Waals surface area contributed by atoms with E-state index in [0.29, 0.717) is 41.7 Å². The number of nitrogens with zero attached hydrogens (tertiary/aromatic N) is 3. The van der Waals surface area contributed by atoms with Crippen LogP contribution in [0.15, 0.2) is 27.6 Å². The number of piperidine rings is 1. The molecule has 1 aliphatic heterocycles. The fourth-order valence-corrected chi connectivity index (χ4v) is 4.85. The zero-order valence-electron chi connectivity index (χ0n) is 15.9. The molecule has 2 heterocycles. The third-order valence-corrected chi connectivity index (χ3v) is 6.86. The first-order valence-corrected chi connectivity index (χ1v) is 10.5. The van der Waals surface area contributed by atoms with Crippen molar-refractivity contribution in [3.63, 3.8) is 0 Å². The Labute approximate surface area is 167 Å². The quantitative estimate of drug-likeness (QED) is 0.781. The van der Waals surface area contributed by atoms with Crippen molar-refractivity contribution in [2.24, 2.45) is 0 Å². The zero-order valence-corrected chi connectivity index (χ0v) is 17.6. The van der Waals surface area contributed by atoms with E-state index in [2.05, 4.69) is 15.5 Å². The van der Waals surface area contributed by atoms with Gasteiger partial charge in [0.15, 0.2) is 5.82 Å². The Morgan fingerprint density at radius 1 is 1.26 bits per heavy atom. The van der Waals surface area contributed by atoms with Crippen LogP contribution in [-0.4, -0.2) is 49.0 Å². The number of likely N-dealkylation sites (N-methyl/N-ethyl adjacent to an activating group) is 1. The van der Waals surface area contributed by atoms with Crippen LogP contribution in [0.1, 0.15) is 37.6 Å². The first kappa shape index (κ1) is 21.8. The number of rotatable bonds is 6. The molecule has 0 aliphatic carbocycles. The Morgan fingerprint density at radius 2 is 1.96 bits per heavy atom. The molecule has 150 valence electrons. The van der Waals surface area contributed by atoms with Crippen molar-refractivity contribution in [1.29, 1.82) is 0 Å². The molecule has 0 saturated carbocycles. The average Bonchev–Trinajstić information content (AvgIpc) is 3.11. The van der Waals surface area contributed by atoms with Crippen LogP contribution in [0, 0.1) is 6.92 Å². The van der Waals surface area contributed by atoms with E-state index in [0.717, 1.165) is 24.8 Å². The van der Waals surface area contributed by atoms with Gasteiger partial charge in [0.25, 0.3) is 5.89 Å². The largest absolute Gasteiger partial charge is 0.334 e. The highest BCUT2D eigenvalue weighted by Crippen LogP contribution is 2.28. The van der Waals surface area contributed by atoms with Crippen molar-refractivity contribution >= 4 is 22.4 Å². The van der Waals surface area contributed by atoms with Crippen molar-refractivity contribution in [2.75, 3.05) is 20.1 Å². The molecule has 0 bridgehead atoms. The molecule has 27 heavy (non-hydrogen) atoms. The van der Waals surface area contributed by atoms with Crippen molar-refractivity contribution in [2.45, 2.75) is 50.5 Å². The van der Waals surface area contributed by atoms with Crippen molar-refractivity contribution in [1.82, 2.24) is 19.8 Å². The molecular formula is C18H27ClN4O3S. The Hall–Kier alpha value is -1.48. The minimum atomic E-state index is -3.51. The Kier molecular flexibility index (Phi) is 7.39. The highest BCUT2D eigenvalue weighted by molar-refractivity contribution is 7.89. The molecule has 1 aliphatic rings. The van der Waals surface area contributed by atoms with Gasteiger partial charge in [0.2, 0.25) is 10.0 Å². The van der Waals surface area contributed by atoms with E-state index in [9.17, 15) is 8.42 Å². The van der Waals surface area contributed by atoms with Gasteiger partial charge in [0, 0.05) is 31.1 Å². The van der Waals surface area contributed by atoms with Crippen LogP contribution in [0.25, 0.3) is 11.5 Å². The van der Waals surface area contributed by atoms with Gasteiger partial charge in [-0.3, -0.25) is 0 Å². The minimum Gasteiger partial charge on any atom is -0.334 e. The minimum absolute atomic E-state index is 0. The molecule has 9 heteroatoms. The summed E-state index contributed by atoms with van der Waals surface area (Å²) in [5.74, 6) is 0.946. The van der Waals surface area contributed by atoms with Gasteiger partial charge < -0.3 is 9.84 Å². The summed E-state index contributed by atoms with van der Waals surface area (Å²) >= 11 is 0. The molecule has 1 atom stereocenters. The first-order chi connectivity index (χ1) is 12.4. The van der Waals surface area contributed by atoms with E-state index in [-0.39, 0.29) is 18.4 Å². The van der Waals surface area contributed by atoms with E-state index < -0.39 is 10.0 Å². The van der Waals surface area contributed by atoms with Gasteiger partial charge in [-0.25, -0.2) is 8.42 Å². The van der Waals surface area contributed by atoms with Crippen LogP contribution >= 0.6 is 12.4 Å². The second-order valence-electron chi connectivity index (χ2n) is 6.85. The van der Waals surface area contributed by atoms with Crippen molar-refractivity contribution in [3.8, 4) is 11.5 Å². The summed E-state index contributed by atoms with van der Waals surface area (Å²) in [5.41, 5.74) is 1.35. The Bertz CT molecular complexity index is 863. The molecule has 7 nitrogen and oxygen atoms in total. The zero-order chi connectivity index (χ0) is 18.7. The van der Waals surface area contributed by atoms with Gasteiger partial charge in [-0.05, 0) is 51.4 Å². The monoisotopic (exact) mass is 414 g/mol. The van der Waals surface area contributed by atoms with Gasteiger partial charge in [-0.1, -0.05) is 17.6 Å². The lowest BCUT2D eigenvalue weighted by Crippen LogP contribution is -2.35. The normalized spacial score (nSPS) is 16.7. The number of benzene rings is 1. The van der Waals surface area contributed by atoms with Crippen LogP contribution in [0.2, 0.25) is 0 Å².